The summed E-state index contributed by atoms with van der Waals surface area (Å²) in [6, 6.07) is 15.1. The summed E-state index contributed by atoms with van der Waals surface area (Å²) >= 11 is 1.30. The first-order valence-corrected chi connectivity index (χ1v) is 12.6. The molecule has 1 amide bonds. The van der Waals surface area contributed by atoms with Gasteiger partial charge in [-0.15, -0.1) is 0 Å². The first-order chi connectivity index (χ1) is 18.3. The van der Waals surface area contributed by atoms with Gasteiger partial charge < -0.3 is 19.3 Å². The quantitative estimate of drug-likeness (QED) is 0.198. The fraction of sp³-hybridized carbons (Fsp3) is 0.207. The number of carbonyl (C=O) groups is 2. The molecule has 1 aliphatic rings. The van der Waals surface area contributed by atoms with Gasteiger partial charge in [0.1, 0.15) is 17.6 Å². The highest BCUT2D eigenvalue weighted by Crippen LogP contribution is 2.48. The van der Waals surface area contributed by atoms with Crippen molar-refractivity contribution in [3.05, 3.63) is 82.4 Å². The molecular weight excluding hydrogens is 504 g/mol. The Morgan fingerprint density at radius 3 is 2.39 bits per heavy atom. The lowest BCUT2D eigenvalue weighted by Gasteiger charge is -2.25. The van der Waals surface area contributed by atoms with Gasteiger partial charge >= 0.3 is 5.91 Å². The van der Waals surface area contributed by atoms with Crippen molar-refractivity contribution in [1.82, 2.24) is 4.98 Å². The molecule has 1 fully saturated rings. The molecule has 9 heteroatoms. The molecule has 1 aromatic heterocycles. The summed E-state index contributed by atoms with van der Waals surface area (Å²) in [6.07, 6.45) is 0. The maximum atomic E-state index is 13.6. The van der Waals surface area contributed by atoms with Gasteiger partial charge in [0.25, 0.3) is 5.78 Å². The predicted octanol–water partition coefficient (Wildman–Crippen LogP) is 5.57. The third-order valence-electron chi connectivity index (χ3n) is 6.58. The predicted molar refractivity (Wildman–Crippen MR) is 146 cm³/mol. The number of hydrogen-bond acceptors (Lipinski definition) is 8. The Morgan fingerprint density at radius 1 is 0.947 bits per heavy atom. The van der Waals surface area contributed by atoms with Gasteiger partial charge in [0.05, 0.1) is 37.1 Å². The number of carbonyl (C=O) groups excluding carboxylic acids is 2. The second kappa shape index (κ2) is 9.83. The van der Waals surface area contributed by atoms with Crippen molar-refractivity contribution in [2.75, 3.05) is 26.2 Å². The van der Waals surface area contributed by atoms with E-state index in [2.05, 4.69) is 4.98 Å². The van der Waals surface area contributed by atoms with E-state index >= 15 is 0 Å². The minimum atomic E-state index is -1.01. The zero-order chi connectivity index (χ0) is 27.1. The van der Waals surface area contributed by atoms with Crippen molar-refractivity contribution in [2.45, 2.75) is 19.9 Å². The molecule has 1 N–H and O–H groups in total. The van der Waals surface area contributed by atoms with Crippen LogP contribution in [-0.2, 0) is 9.59 Å². The van der Waals surface area contributed by atoms with Crippen LogP contribution < -0.4 is 19.1 Å². The summed E-state index contributed by atoms with van der Waals surface area (Å²) in [6.45, 7) is 3.81. The van der Waals surface area contributed by atoms with Gasteiger partial charge in [-0.3, -0.25) is 14.5 Å². The number of aryl methyl sites for hydroxylation is 2. The highest BCUT2D eigenvalue weighted by molar-refractivity contribution is 7.22. The molecule has 1 saturated heterocycles. The number of benzene rings is 3. The zero-order valence-corrected chi connectivity index (χ0v) is 22.4. The van der Waals surface area contributed by atoms with Gasteiger partial charge in [-0.1, -0.05) is 29.5 Å². The number of anilines is 1. The van der Waals surface area contributed by atoms with Crippen LogP contribution in [0.1, 0.15) is 28.3 Å². The molecular formula is C29H26N2O6S. The summed E-state index contributed by atoms with van der Waals surface area (Å²) < 4.78 is 17.4. The number of para-hydroxylation sites is 1. The molecule has 194 valence electrons. The van der Waals surface area contributed by atoms with E-state index in [1.165, 1.54) is 30.5 Å². The van der Waals surface area contributed by atoms with Gasteiger partial charge in [0, 0.05) is 11.1 Å². The van der Waals surface area contributed by atoms with Crippen molar-refractivity contribution in [3.63, 3.8) is 0 Å². The van der Waals surface area contributed by atoms with Crippen molar-refractivity contribution in [1.29, 1.82) is 0 Å². The molecule has 1 atom stereocenters. The average Bonchev–Trinajstić information content (AvgIpc) is 3.44. The lowest BCUT2D eigenvalue weighted by Crippen LogP contribution is -2.29. The number of fused-ring (bicyclic) bond motifs is 1. The average molecular weight is 531 g/mol. The van der Waals surface area contributed by atoms with Crippen molar-refractivity contribution < 1.29 is 28.9 Å². The maximum absolute atomic E-state index is 13.6. The molecule has 4 aromatic rings. The topological polar surface area (TPSA) is 98.2 Å². The Hall–Kier alpha value is -4.37. The fourth-order valence-corrected chi connectivity index (χ4v) is 5.85. The normalized spacial score (nSPS) is 16.8. The lowest BCUT2D eigenvalue weighted by atomic mass is 9.94. The number of amides is 1. The summed E-state index contributed by atoms with van der Waals surface area (Å²) in [7, 11) is 4.55. The van der Waals surface area contributed by atoms with E-state index < -0.39 is 17.7 Å². The zero-order valence-electron chi connectivity index (χ0n) is 21.6. The summed E-state index contributed by atoms with van der Waals surface area (Å²) in [5, 5.41) is 11.8. The standard InChI is InChI=1S/C29H26N2O6S/c1-15-9-11-19-22(13-15)38-29(30-19)31-24(18-7-6-8-21(36-4)27(18)37-5)23(26(33)28(31)34)25(32)17-10-12-20(35-3)16(2)14-17/h6-14,24,32H,1-5H3/b25-23+/t24-/m0/s1. The number of Topliss-reactive ketones (excluding diaryl/α,β-unsaturated/α-hetero) is 1. The number of hydrogen-bond donors (Lipinski definition) is 1. The third kappa shape index (κ3) is 4.05. The molecule has 0 saturated carbocycles. The van der Waals surface area contributed by atoms with Gasteiger partial charge in [0.2, 0.25) is 0 Å². The van der Waals surface area contributed by atoms with Crippen LogP contribution in [0.25, 0.3) is 16.0 Å². The number of ketones is 1. The van der Waals surface area contributed by atoms with Crippen LogP contribution in [0.4, 0.5) is 5.13 Å². The lowest BCUT2D eigenvalue weighted by molar-refractivity contribution is -0.132. The number of aliphatic hydroxyl groups is 1. The van der Waals surface area contributed by atoms with E-state index in [-0.39, 0.29) is 11.3 Å². The molecule has 0 bridgehead atoms. The van der Waals surface area contributed by atoms with Gasteiger partial charge in [-0.25, -0.2) is 4.98 Å². The second-order valence-corrected chi connectivity index (χ2v) is 9.91. The summed E-state index contributed by atoms with van der Waals surface area (Å²) in [4.78, 5) is 33.2. The molecule has 3 aromatic carbocycles. The van der Waals surface area contributed by atoms with Crippen LogP contribution in [0.5, 0.6) is 17.2 Å². The molecule has 38 heavy (non-hydrogen) atoms. The SMILES string of the molecule is COc1ccc(/C(O)=C2\C(=O)C(=O)N(c3nc4ccc(C)cc4s3)[C@H]2c2cccc(OC)c2OC)cc1C. The summed E-state index contributed by atoms with van der Waals surface area (Å²) in [5.74, 6) is -0.499. The maximum Gasteiger partial charge on any atom is 0.301 e. The minimum Gasteiger partial charge on any atom is -0.507 e. The Kier molecular flexibility index (Phi) is 6.54. The first kappa shape index (κ1) is 25.3. The number of rotatable bonds is 6. The number of thiazole rings is 1. The largest absolute Gasteiger partial charge is 0.507 e. The van der Waals surface area contributed by atoms with Crippen LogP contribution in [-0.4, -0.2) is 43.1 Å². The molecule has 5 rings (SSSR count). The van der Waals surface area contributed by atoms with Crippen LogP contribution in [0.15, 0.2) is 60.2 Å². The summed E-state index contributed by atoms with van der Waals surface area (Å²) in [5.41, 5.74) is 3.32. The Bertz CT molecular complexity index is 1620. The molecule has 0 aliphatic carbocycles. The Balaban J connectivity index is 1.78. The van der Waals surface area contributed by atoms with E-state index in [0.29, 0.717) is 39.0 Å². The van der Waals surface area contributed by atoms with Crippen molar-refractivity contribution in [3.8, 4) is 17.2 Å². The Morgan fingerprint density at radius 2 is 1.71 bits per heavy atom. The number of aromatic nitrogens is 1. The smallest absolute Gasteiger partial charge is 0.301 e. The molecule has 0 unspecified atom stereocenters. The van der Waals surface area contributed by atoms with Crippen LogP contribution in [0, 0.1) is 13.8 Å². The molecule has 0 radical (unpaired) electrons. The van der Waals surface area contributed by atoms with E-state index in [4.69, 9.17) is 14.2 Å². The van der Waals surface area contributed by atoms with Crippen molar-refractivity contribution >= 4 is 44.1 Å². The third-order valence-corrected chi connectivity index (χ3v) is 7.60. The van der Waals surface area contributed by atoms with Gasteiger partial charge in [-0.2, -0.15) is 0 Å². The highest BCUT2D eigenvalue weighted by Gasteiger charge is 2.49. The van der Waals surface area contributed by atoms with E-state index in [1.807, 2.05) is 32.0 Å². The Labute approximate surface area is 223 Å². The monoisotopic (exact) mass is 530 g/mol. The second-order valence-electron chi connectivity index (χ2n) is 8.90. The van der Waals surface area contributed by atoms with E-state index in [0.717, 1.165) is 15.8 Å². The molecule has 1 aliphatic heterocycles. The highest BCUT2D eigenvalue weighted by atomic mass is 32.1. The first-order valence-electron chi connectivity index (χ1n) is 11.8. The van der Waals surface area contributed by atoms with Gasteiger partial charge in [-0.05, 0) is 61.4 Å². The molecule has 8 nitrogen and oxygen atoms in total. The van der Waals surface area contributed by atoms with Gasteiger partial charge in [0.15, 0.2) is 16.6 Å². The number of aliphatic hydroxyl groups excluding tert-OH is 1. The van der Waals surface area contributed by atoms with E-state index in [9.17, 15) is 14.7 Å². The molecule has 0 spiro atoms. The van der Waals surface area contributed by atoms with Crippen molar-refractivity contribution in [2.24, 2.45) is 0 Å². The molecule has 2 heterocycles. The number of nitrogens with zero attached hydrogens (tertiary/aromatic N) is 2. The number of methoxy groups -OCH3 is 3. The van der Waals surface area contributed by atoms with Crippen LogP contribution in [0.2, 0.25) is 0 Å². The van der Waals surface area contributed by atoms with Crippen LogP contribution >= 0.6 is 11.3 Å². The fourth-order valence-electron chi connectivity index (χ4n) is 4.76. The van der Waals surface area contributed by atoms with Crippen LogP contribution in [0.3, 0.4) is 0 Å². The number of ether oxygens (including phenoxy) is 3. The minimum absolute atomic E-state index is 0.0680. The van der Waals surface area contributed by atoms with E-state index in [1.54, 1.807) is 43.5 Å².